The molecule has 0 amide bonds. The zero-order chi connectivity index (χ0) is 9.54. The van der Waals surface area contributed by atoms with Gasteiger partial charge in [-0.3, -0.25) is 0 Å². The molecule has 70 valence electrons. The van der Waals surface area contributed by atoms with Gasteiger partial charge in [0.2, 0.25) is 0 Å². The topological polar surface area (TPSA) is 0 Å². The molecule has 14 heavy (non-hydrogen) atoms. The number of hydrogen-bond donors (Lipinski definition) is 0. The van der Waals surface area contributed by atoms with Crippen LogP contribution in [0.3, 0.4) is 0 Å². The van der Waals surface area contributed by atoms with Crippen molar-refractivity contribution < 1.29 is 0 Å². The molecule has 0 fully saturated rings. The maximum atomic E-state index is 2.33. The first-order valence-electron chi connectivity index (χ1n) is 5.33. The molecule has 0 heteroatoms. The van der Waals surface area contributed by atoms with E-state index in [1.807, 2.05) is 0 Å². The van der Waals surface area contributed by atoms with Crippen LogP contribution in [0.15, 0.2) is 42.0 Å². The molecular formula is C14H14. The first kappa shape index (κ1) is 8.05. The Morgan fingerprint density at radius 2 is 2.07 bits per heavy atom. The molecule has 0 saturated heterocycles. The van der Waals surface area contributed by atoms with E-state index in [1.54, 1.807) is 5.57 Å². The second-order valence-electron chi connectivity index (χ2n) is 4.39. The summed E-state index contributed by atoms with van der Waals surface area (Å²) in [5, 5.41) is 0. The van der Waals surface area contributed by atoms with Crippen LogP contribution in [0, 0.1) is 5.92 Å². The van der Waals surface area contributed by atoms with Crippen LogP contribution in [-0.2, 0) is 6.42 Å². The summed E-state index contributed by atoms with van der Waals surface area (Å²) in [7, 11) is 0. The molecule has 3 rings (SSSR count). The minimum absolute atomic E-state index is 0.725. The van der Waals surface area contributed by atoms with E-state index in [0.717, 1.165) is 5.92 Å². The Kier molecular flexibility index (Phi) is 1.63. The average Bonchev–Trinajstić information content (AvgIpc) is 2.54. The molecule has 2 aliphatic carbocycles. The summed E-state index contributed by atoms with van der Waals surface area (Å²) in [5.41, 5.74) is 6.11. The van der Waals surface area contributed by atoms with E-state index >= 15 is 0 Å². The maximum Gasteiger partial charge on any atom is -0.00515 e. The lowest BCUT2D eigenvalue weighted by atomic mass is 9.91. The summed E-state index contributed by atoms with van der Waals surface area (Å²) < 4.78 is 0. The van der Waals surface area contributed by atoms with Crippen LogP contribution in [0.1, 0.15) is 24.5 Å². The van der Waals surface area contributed by atoms with E-state index in [0.29, 0.717) is 0 Å². The molecule has 0 nitrogen and oxygen atoms in total. The largest absolute Gasteiger partial charge is 0.0808 e. The molecule has 1 aromatic rings. The van der Waals surface area contributed by atoms with Crippen LogP contribution in [0.25, 0.3) is 5.57 Å². The molecule has 0 N–H and O–H groups in total. The van der Waals surface area contributed by atoms with Crippen LogP contribution < -0.4 is 0 Å². The fourth-order valence-electron chi connectivity index (χ4n) is 2.56. The summed E-state index contributed by atoms with van der Waals surface area (Å²) in [4.78, 5) is 0. The van der Waals surface area contributed by atoms with Crippen molar-refractivity contribution in [3.63, 3.8) is 0 Å². The van der Waals surface area contributed by atoms with Gasteiger partial charge in [0, 0.05) is 0 Å². The third-order valence-electron chi connectivity index (χ3n) is 3.25. The molecule has 1 aromatic carbocycles. The van der Waals surface area contributed by atoms with Crippen molar-refractivity contribution >= 4 is 5.57 Å². The SMILES string of the molecule is CC1C=CC2=C(Cc3ccccc32)C1. The van der Waals surface area contributed by atoms with Crippen LogP contribution in [0.2, 0.25) is 0 Å². The molecule has 2 aliphatic rings. The van der Waals surface area contributed by atoms with E-state index in [2.05, 4.69) is 43.3 Å². The van der Waals surface area contributed by atoms with E-state index in [-0.39, 0.29) is 0 Å². The van der Waals surface area contributed by atoms with Gasteiger partial charge < -0.3 is 0 Å². The second kappa shape index (κ2) is 2.84. The highest BCUT2D eigenvalue weighted by molar-refractivity contribution is 5.83. The second-order valence-corrected chi connectivity index (χ2v) is 4.39. The highest BCUT2D eigenvalue weighted by Crippen LogP contribution is 2.39. The van der Waals surface area contributed by atoms with Gasteiger partial charge in [-0.05, 0) is 35.5 Å². The van der Waals surface area contributed by atoms with Crippen molar-refractivity contribution in [2.75, 3.05) is 0 Å². The lowest BCUT2D eigenvalue weighted by Gasteiger charge is -2.14. The Bertz CT molecular complexity index is 435. The number of hydrogen-bond acceptors (Lipinski definition) is 0. The molecule has 1 unspecified atom stereocenters. The summed E-state index contributed by atoms with van der Waals surface area (Å²) in [5.74, 6) is 0.725. The average molecular weight is 182 g/mol. The van der Waals surface area contributed by atoms with Crippen molar-refractivity contribution in [3.8, 4) is 0 Å². The Balaban J connectivity index is 2.10. The van der Waals surface area contributed by atoms with Crippen molar-refractivity contribution in [1.82, 2.24) is 0 Å². The number of allylic oxidation sites excluding steroid dienone is 4. The minimum atomic E-state index is 0.725. The van der Waals surface area contributed by atoms with E-state index < -0.39 is 0 Å². The molecule has 0 heterocycles. The van der Waals surface area contributed by atoms with Gasteiger partial charge in [0.05, 0.1) is 0 Å². The highest BCUT2D eigenvalue weighted by atomic mass is 14.3. The fourth-order valence-corrected chi connectivity index (χ4v) is 2.56. The third-order valence-corrected chi connectivity index (χ3v) is 3.25. The van der Waals surface area contributed by atoms with Crippen LogP contribution in [-0.4, -0.2) is 0 Å². The predicted octanol–water partition coefficient (Wildman–Crippen LogP) is 3.59. The van der Waals surface area contributed by atoms with E-state index in [4.69, 9.17) is 0 Å². The van der Waals surface area contributed by atoms with Gasteiger partial charge in [-0.2, -0.15) is 0 Å². The molecule has 0 aromatic heterocycles. The minimum Gasteiger partial charge on any atom is -0.0808 e. The van der Waals surface area contributed by atoms with Crippen molar-refractivity contribution in [2.24, 2.45) is 5.92 Å². The Morgan fingerprint density at radius 3 is 3.00 bits per heavy atom. The first-order chi connectivity index (χ1) is 6.84. The van der Waals surface area contributed by atoms with Gasteiger partial charge in [-0.25, -0.2) is 0 Å². The Labute approximate surface area is 85.0 Å². The number of fused-ring (bicyclic) bond motifs is 2. The van der Waals surface area contributed by atoms with Crippen LogP contribution in [0.5, 0.6) is 0 Å². The molecular weight excluding hydrogens is 168 g/mol. The molecule has 1 atom stereocenters. The third kappa shape index (κ3) is 1.07. The molecule has 0 radical (unpaired) electrons. The quantitative estimate of drug-likeness (QED) is 0.575. The van der Waals surface area contributed by atoms with Gasteiger partial charge in [-0.1, -0.05) is 48.9 Å². The number of benzene rings is 1. The van der Waals surface area contributed by atoms with Gasteiger partial charge in [-0.15, -0.1) is 0 Å². The normalized spacial score (nSPS) is 23.6. The highest BCUT2D eigenvalue weighted by Gasteiger charge is 2.22. The van der Waals surface area contributed by atoms with Gasteiger partial charge in [0.1, 0.15) is 0 Å². The van der Waals surface area contributed by atoms with Crippen LogP contribution >= 0.6 is 0 Å². The molecule has 0 saturated carbocycles. The standard InChI is InChI=1S/C14H14/c1-10-6-7-14-12(8-10)9-11-4-2-3-5-13(11)14/h2-7,10H,8-9H2,1H3. The van der Waals surface area contributed by atoms with Crippen LogP contribution in [0.4, 0.5) is 0 Å². The summed E-state index contributed by atoms with van der Waals surface area (Å²) >= 11 is 0. The summed E-state index contributed by atoms with van der Waals surface area (Å²) in [6, 6.07) is 8.79. The lowest BCUT2D eigenvalue weighted by Crippen LogP contribution is -1.98. The maximum absolute atomic E-state index is 2.33. The van der Waals surface area contributed by atoms with Crippen molar-refractivity contribution in [2.45, 2.75) is 19.8 Å². The Hall–Kier alpha value is -1.30. The molecule has 0 bridgehead atoms. The molecule has 0 spiro atoms. The smallest absolute Gasteiger partial charge is 0.00515 e. The zero-order valence-electron chi connectivity index (χ0n) is 8.46. The van der Waals surface area contributed by atoms with Gasteiger partial charge in [0.25, 0.3) is 0 Å². The summed E-state index contributed by atoms with van der Waals surface area (Å²) in [6.07, 6.45) is 7.08. The monoisotopic (exact) mass is 182 g/mol. The van der Waals surface area contributed by atoms with E-state index in [9.17, 15) is 0 Å². The summed E-state index contributed by atoms with van der Waals surface area (Å²) in [6.45, 7) is 2.29. The predicted molar refractivity (Wildman–Crippen MR) is 60.0 cm³/mol. The molecule has 0 aliphatic heterocycles. The van der Waals surface area contributed by atoms with E-state index in [1.165, 1.54) is 29.5 Å². The van der Waals surface area contributed by atoms with Crippen molar-refractivity contribution in [1.29, 1.82) is 0 Å². The Morgan fingerprint density at radius 1 is 1.21 bits per heavy atom. The van der Waals surface area contributed by atoms with Gasteiger partial charge >= 0.3 is 0 Å². The lowest BCUT2D eigenvalue weighted by molar-refractivity contribution is 0.702. The zero-order valence-corrected chi connectivity index (χ0v) is 8.46. The first-order valence-corrected chi connectivity index (χ1v) is 5.33. The van der Waals surface area contributed by atoms with Gasteiger partial charge in [0.15, 0.2) is 0 Å². The number of rotatable bonds is 0. The van der Waals surface area contributed by atoms with Crippen molar-refractivity contribution in [3.05, 3.63) is 53.1 Å². The fraction of sp³-hybridized carbons (Fsp3) is 0.286.